The Morgan fingerprint density at radius 1 is 1.40 bits per heavy atom. The lowest BCUT2D eigenvalue weighted by Crippen LogP contribution is -2.25. The van der Waals surface area contributed by atoms with Crippen molar-refractivity contribution in [1.29, 1.82) is 0 Å². The van der Waals surface area contributed by atoms with Crippen LogP contribution in [0.15, 0.2) is 30.5 Å². The maximum atomic E-state index is 11.8. The van der Waals surface area contributed by atoms with Gasteiger partial charge in [0.2, 0.25) is 5.91 Å². The molecule has 20 heavy (non-hydrogen) atoms. The number of nitrogens with zero attached hydrogens (tertiary/aromatic N) is 2. The molecule has 3 rings (SSSR count). The van der Waals surface area contributed by atoms with E-state index in [-0.39, 0.29) is 5.91 Å². The van der Waals surface area contributed by atoms with Crippen LogP contribution in [0.3, 0.4) is 0 Å². The van der Waals surface area contributed by atoms with Crippen LogP contribution in [0.25, 0.3) is 5.52 Å². The molecule has 0 saturated heterocycles. The monoisotopic (exact) mass is 289 g/mol. The van der Waals surface area contributed by atoms with Gasteiger partial charge in [-0.15, -0.1) is 11.8 Å². The van der Waals surface area contributed by atoms with Gasteiger partial charge in [0.15, 0.2) is 0 Å². The number of hydrogen-bond donors (Lipinski definition) is 1. The predicted octanol–water partition coefficient (Wildman–Crippen LogP) is 2.63. The van der Waals surface area contributed by atoms with Crippen molar-refractivity contribution in [3.8, 4) is 0 Å². The van der Waals surface area contributed by atoms with Crippen molar-refractivity contribution < 1.29 is 4.79 Å². The highest BCUT2D eigenvalue weighted by molar-refractivity contribution is 8.00. The quantitative estimate of drug-likeness (QED) is 0.920. The third-order valence-electron chi connectivity index (χ3n) is 3.64. The van der Waals surface area contributed by atoms with Crippen molar-refractivity contribution in [3.05, 3.63) is 36.2 Å². The molecule has 1 aliphatic rings. The van der Waals surface area contributed by atoms with E-state index in [0.29, 0.717) is 17.5 Å². The SMILES string of the molecule is O=C(CSC1CCCC1)NCc1cc2ccccn2n1. The Morgan fingerprint density at radius 3 is 3.05 bits per heavy atom. The maximum absolute atomic E-state index is 11.8. The maximum Gasteiger partial charge on any atom is 0.230 e. The number of carbonyl (C=O) groups is 1. The summed E-state index contributed by atoms with van der Waals surface area (Å²) in [6, 6.07) is 7.94. The molecule has 0 spiro atoms. The summed E-state index contributed by atoms with van der Waals surface area (Å²) in [4.78, 5) is 11.8. The number of carbonyl (C=O) groups excluding carboxylic acids is 1. The normalized spacial score (nSPS) is 15.8. The van der Waals surface area contributed by atoms with Gasteiger partial charge in [-0.3, -0.25) is 4.79 Å². The largest absolute Gasteiger partial charge is 0.350 e. The van der Waals surface area contributed by atoms with E-state index < -0.39 is 0 Å². The summed E-state index contributed by atoms with van der Waals surface area (Å²) in [5.41, 5.74) is 1.95. The van der Waals surface area contributed by atoms with E-state index in [4.69, 9.17) is 0 Å². The van der Waals surface area contributed by atoms with Crippen molar-refractivity contribution in [2.45, 2.75) is 37.5 Å². The summed E-state index contributed by atoms with van der Waals surface area (Å²) in [5, 5.41) is 8.06. The summed E-state index contributed by atoms with van der Waals surface area (Å²) in [7, 11) is 0. The standard InChI is InChI=1S/C15H19N3OS/c19-15(11-20-14-6-1-2-7-14)16-10-12-9-13-5-3-4-8-18(13)17-12/h3-5,8-9,14H,1-2,6-7,10-11H2,(H,16,19). The Hall–Kier alpha value is -1.49. The average Bonchev–Trinajstić information content (AvgIpc) is 3.11. The van der Waals surface area contributed by atoms with E-state index in [1.807, 2.05) is 35.0 Å². The Kier molecular flexibility index (Phi) is 4.25. The van der Waals surface area contributed by atoms with Gasteiger partial charge in [0.05, 0.1) is 23.5 Å². The molecule has 1 N–H and O–H groups in total. The van der Waals surface area contributed by atoms with Crippen molar-refractivity contribution in [1.82, 2.24) is 14.9 Å². The van der Waals surface area contributed by atoms with Crippen LogP contribution >= 0.6 is 11.8 Å². The number of hydrogen-bond acceptors (Lipinski definition) is 3. The predicted molar refractivity (Wildman–Crippen MR) is 81.8 cm³/mol. The molecule has 1 amide bonds. The Balaban J connectivity index is 1.47. The molecule has 106 valence electrons. The lowest BCUT2D eigenvalue weighted by atomic mass is 10.3. The van der Waals surface area contributed by atoms with E-state index in [1.165, 1.54) is 25.7 Å². The number of thioether (sulfide) groups is 1. The van der Waals surface area contributed by atoms with Gasteiger partial charge >= 0.3 is 0 Å². The number of amides is 1. The molecule has 1 fully saturated rings. The average molecular weight is 289 g/mol. The highest BCUT2D eigenvalue weighted by Gasteiger charge is 2.16. The van der Waals surface area contributed by atoms with Crippen LogP contribution in [0.4, 0.5) is 0 Å². The van der Waals surface area contributed by atoms with Crippen LogP contribution in [0.5, 0.6) is 0 Å². The van der Waals surface area contributed by atoms with Gasteiger partial charge in [0.25, 0.3) is 0 Å². The molecule has 2 aromatic rings. The molecule has 0 aromatic carbocycles. The van der Waals surface area contributed by atoms with Crippen molar-refractivity contribution >= 4 is 23.2 Å². The zero-order chi connectivity index (χ0) is 13.8. The van der Waals surface area contributed by atoms with Crippen LogP contribution in [0.2, 0.25) is 0 Å². The van der Waals surface area contributed by atoms with E-state index in [2.05, 4.69) is 10.4 Å². The Labute approximate surface area is 122 Å². The second-order valence-corrected chi connectivity index (χ2v) is 6.49. The lowest BCUT2D eigenvalue weighted by molar-refractivity contribution is -0.118. The van der Waals surface area contributed by atoms with Crippen molar-refractivity contribution in [2.24, 2.45) is 0 Å². The molecule has 1 saturated carbocycles. The number of aromatic nitrogens is 2. The first kappa shape index (κ1) is 13.5. The van der Waals surface area contributed by atoms with Gasteiger partial charge < -0.3 is 5.32 Å². The first-order valence-electron chi connectivity index (χ1n) is 7.13. The fourth-order valence-corrected chi connectivity index (χ4v) is 3.72. The number of pyridine rings is 1. The van der Waals surface area contributed by atoms with Gasteiger partial charge in [-0.1, -0.05) is 18.9 Å². The Bertz CT molecular complexity index is 557. The summed E-state index contributed by atoms with van der Waals surface area (Å²) in [6.45, 7) is 0.506. The third-order valence-corrected chi connectivity index (χ3v) is 5.01. The van der Waals surface area contributed by atoms with Crippen LogP contribution in [-0.2, 0) is 11.3 Å². The molecule has 4 nitrogen and oxygen atoms in total. The van der Waals surface area contributed by atoms with Crippen LogP contribution in [0, 0.1) is 0 Å². The number of nitrogens with one attached hydrogen (secondary N) is 1. The lowest BCUT2D eigenvalue weighted by Gasteiger charge is -2.08. The van der Waals surface area contributed by atoms with Gasteiger partial charge in [-0.2, -0.15) is 5.10 Å². The number of fused-ring (bicyclic) bond motifs is 1. The van der Waals surface area contributed by atoms with Gasteiger partial charge in [-0.05, 0) is 31.0 Å². The van der Waals surface area contributed by atoms with Crippen LogP contribution in [-0.4, -0.2) is 26.5 Å². The number of rotatable bonds is 5. The molecule has 2 aromatic heterocycles. The summed E-state index contributed by atoms with van der Waals surface area (Å²) < 4.78 is 1.83. The van der Waals surface area contributed by atoms with Crippen LogP contribution < -0.4 is 5.32 Å². The zero-order valence-corrected chi connectivity index (χ0v) is 12.2. The topological polar surface area (TPSA) is 46.4 Å². The molecule has 5 heteroatoms. The second kappa shape index (κ2) is 6.31. The highest BCUT2D eigenvalue weighted by Crippen LogP contribution is 2.29. The van der Waals surface area contributed by atoms with E-state index in [1.54, 1.807) is 11.8 Å². The molecule has 0 aliphatic heterocycles. The minimum Gasteiger partial charge on any atom is -0.350 e. The molecule has 0 bridgehead atoms. The molecule has 0 atom stereocenters. The van der Waals surface area contributed by atoms with Crippen LogP contribution in [0.1, 0.15) is 31.4 Å². The summed E-state index contributed by atoms with van der Waals surface area (Å²) >= 11 is 1.79. The summed E-state index contributed by atoms with van der Waals surface area (Å²) in [5.74, 6) is 0.678. The van der Waals surface area contributed by atoms with Gasteiger partial charge in [-0.25, -0.2) is 4.52 Å². The molecule has 0 radical (unpaired) electrons. The molecule has 1 aliphatic carbocycles. The van der Waals surface area contributed by atoms with E-state index in [9.17, 15) is 4.79 Å². The van der Waals surface area contributed by atoms with E-state index >= 15 is 0 Å². The first-order chi connectivity index (χ1) is 9.81. The molecular formula is C15H19N3OS. The smallest absolute Gasteiger partial charge is 0.230 e. The third kappa shape index (κ3) is 3.33. The Morgan fingerprint density at radius 2 is 2.25 bits per heavy atom. The van der Waals surface area contributed by atoms with Crippen molar-refractivity contribution in [2.75, 3.05) is 5.75 Å². The van der Waals surface area contributed by atoms with Gasteiger partial charge in [0.1, 0.15) is 0 Å². The second-order valence-electron chi connectivity index (χ2n) is 5.20. The minimum absolute atomic E-state index is 0.110. The molecular weight excluding hydrogens is 270 g/mol. The first-order valence-corrected chi connectivity index (χ1v) is 8.18. The zero-order valence-electron chi connectivity index (χ0n) is 11.4. The minimum atomic E-state index is 0.110. The summed E-state index contributed by atoms with van der Waals surface area (Å²) in [6.07, 6.45) is 7.09. The fourth-order valence-electron chi connectivity index (χ4n) is 2.57. The molecule has 0 unspecified atom stereocenters. The van der Waals surface area contributed by atoms with Crippen molar-refractivity contribution in [3.63, 3.8) is 0 Å². The highest BCUT2D eigenvalue weighted by atomic mass is 32.2. The fraction of sp³-hybridized carbons (Fsp3) is 0.467. The van der Waals surface area contributed by atoms with Gasteiger partial charge in [0, 0.05) is 11.4 Å². The van der Waals surface area contributed by atoms with E-state index in [0.717, 1.165) is 11.2 Å². The molecule has 2 heterocycles.